The summed E-state index contributed by atoms with van der Waals surface area (Å²) in [6.45, 7) is 3.35. The van der Waals surface area contributed by atoms with Crippen LogP contribution in [0.25, 0.3) is 0 Å². The summed E-state index contributed by atoms with van der Waals surface area (Å²) in [6, 6.07) is 4.30. The predicted octanol–water partition coefficient (Wildman–Crippen LogP) is 1.36. The molecule has 4 heteroatoms. The van der Waals surface area contributed by atoms with E-state index in [0.29, 0.717) is 11.7 Å². The number of rotatable bonds is 3. The van der Waals surface area contributed by atoms with Crippen molar-refractivity contribution in [1.29, 1.82) is 0 Å². The quantitative estimate of drug-likeness (QED) is 0.838. The van der Waals surface area contributed by atoms with Gasteiger partial charge in [-0.2, -0.15) is 0 Å². The first-order chi connectivity index (χ1) is 7.68. The maximum absolute atomic E-state index is 9.37. The van der Waals surface area contributed by atoms with Crippen LogP contribution in [0.1, 0.15) is 25.1 Å². The fourth-order valence-corrected chi connectivity index (χ4v) is 1.89. The van der Waals surface area contributed by atoms with Gasteiger partial charge in [-0.3, -0.25) is 4.98 Å². The summed E-state index contributed by atoms with van der Waals surface area (Å²) in [5, 5.41) is 9.37. The molecule has 2 heterocycles. The van der Waals surface area contributed by atoms with Gasteiger partial charge < -0.3 is 14.7 Å². The van der Waals surface area contributed by atoms with E-state index in [1.54, 1.807) is 13.1 Å². The summed E-state index contributed by atoms with van der Waals surface area (Å²) < 4.78 is 5.36. The standard InChI is InChI=1S/C12H18N2O2/c1-9(15)12-4-3-10(7-13-12)14(2)11-5-6-16-8-11/h3-4,7,9,11,15H,5-6,8H2,1-2H3/t9-,11?/m1/s1. The molecule has 0 saturated carbocycles. The Morgan fingerprint density at radius 1 is 1.56 bits per heavy atom. The first-order valence-electron chi connectivity index (χ1n) is 5.63. The minimum Gasteiger partial charge on any atom is -0.387 e. The Morgan fingerprint density at radius 3 is 2.88 bits per heavy atom. The summed E-state index contributed by atoms with van der Waals surface area (Å²) in [4.78, 5) is 6.42. The molecule has 1 unspecified atom stereocenters. The molecule has 1 aromatic heterocycles. The first kappa shape index (κ1) is 11.4. The van der Waals surface area contributed by atoms with Gasteiger partial charge in [0.1, 0.15) is 0 Å². The second kappa shape index (κ2) is 4.80. The Hall–Kier alpha value is -1.13. The maximum atomic E-state index is 9.37. The molecule has 1 aromatic rings. The van der Waals surface area contributed by atoms with Gasteiger partial charge in [0.15, 0.2) is 0 Å². The second-order valence-corrected chi connectivity index (χ2v) is 4.25. The van der Waals surface area contributed by atoms with Gasteiger partial charge in [0.2, 0.25) is 0 Å². The van der Waals surface area contributed by atoms with Crippen LogP contribution in [-0.2, 0) is 4.74 Å². The fraction of sp³-hybridized carbons (Fsp3) is 0.583. The highest BCUT2D eigenvalue weighted by molar-refractivity contribution is 5.45. The van der Waals surface area contributed by atoms with Crippen molar-refractivity contribution >= 4 is 5.69 Å². The lowest BCUT2D eigenvalue weighted by molar-refractivity contribution is 0.193. The smallest absolute Gasteiger partial charge is 0.0931 e. The molecule has 0 amide bonds. The van der Waals surface area contributed by atoms with Gasteiger partial charge in [0.25, 0.3) is 0 Å². The molecule has 1 saturated heterocycles. The van der Waals surface area contributed by atoms with Crippen LogP contribution in [0.5, 0.6) is 0 Å². The predicted molar refractivity (Wildman–Crippen MR) is 62.5 cm³/mol. The Kier molecular flexibility index (Phi) is 3.41. The molecule has 4 nitrogen and oxygen atoms in total. The van der Waals surface area contributed by atoms with E-state index in [1.807, 2.05) is 12.1 Å². The van der Waals surface area contributed by atoms with E-state index in [9.17, 15) is 5.11 Å². The molecule has 1 aliphatic rings. The number of likely N-dealkylation sites (N-methyl/N-ethyl adjacent to an activating group) is 1. The molecule has 1 fully saturated rings. The van der Waals surface area contributed by atoms with Crippen molar-refractivity contribution in [3.8, 4) is 0 Å². The third kappa shape index (κ3) is 2.33. The number of nitrogens with zero attached hydrogens (tertiary/aromatic N) is 2. The molecule has 2 rings (SSSR count). The SMILES string of the molecule is C[C@@H](O)c1ccc(N(C)C2CCOC2)cn1. The molecule has 0 radical (unpaired) electrons. The lowest BCUT2D eigenvalue weighted by Gasteiger charge is -2.25. The van der Waals surface area contributed by atoms with E-state index < -0.39 is 6.10 Å². The summed E-state index contributed by atoms with van der Waals surface area (Å²) in [5.74, 6) is 0. The first-order valence-corrected chi connectivity index (χ1v) is 5.63. The highest BCUT2D eigenvalue weighted by Crippen LogP contribution is 2.20. The average molecular weight is 222 g/mol. The van der Waals surface area contributed by atoms with Crippen LogP contribution in [-0.4, -0.2) is 36.4 Å². The Morgan fingerprint density at radius 2 is 2.38 bits per heavy atom. The minimum absolute atomic E-state index is 0.444. The number of aliphatic hydroxyl groups is 1. The van der Waals surface area contributed by atoms with Crippen molar-refractivity contribution in [3.05, 3.63) is 24.0 Å². The molecule has 0 bridgehead atoms. The Bertz CT molecular complexity index is 331. The lowest BCUT2D eigenvalue weighted by atomic mass is 10.2. The Labute approximate surface area is 95.9 Å². The zero-order valence-corrected chi connectivity index (χ0v) is 9.76. The van der Waals surface area contributed by atoms with E-state index in [-0.39, 0.29) is 0 Å². The highest BCUT2D eigenvalue weighted by atomic mass is 16.5. The van der Waals surface area contributed by atoms with Crippen LogP contribution in [0.2, 0.25) is 0 Å². The molecule has 1 N–H and O–H groups in total. The van der Waals surface area contributed by atoms with Crippen molar-refractivity contribution in [2.24, 2.45) is 0 Å². The van der Waals surface area contributed by atoms with Gasteiger partial charge in [-0.15, -0.1) is 0 Å². The highest BCUT2D eigenvalue weighted by Gasteiger charge is 2.20. The van der Waals surface area contributed by atoms with Crippen LogP contribution >= 0.6 is 0 Å². The largest absolute Gasteiger partial charge is 0.387 e. The number of anilines is 1. The van der Waals surface area contributed by atoms with Crippen LogP contribution < -0.4 is 4.90 Å². The van der Waals surface area contributed by atoms with E-state index in [2.05, 4.69) is 16.9 Å². The summed E-state index contributed by atoms with van der Waals surface area (Å²) >= 11 is 0. The molecule has 0 spiro atoms. The number of hydrogen-bond acceptors (Lipinski definition) is 4. The summed E-state index contributed by atoms with van der Waals surface area (Å²) in [6.07, 6.45) is 2.36. The number of aliphatic hydroxyl groups excluding tert-OH is 1. The zero-order valence-electron chi connectivity index (χ0n) is 9.76. The van der Waals surface area contributed by atoms with E-state index >= 15 is 0 Å². The molecule has 88 valence electrons. The van der Waals surface area contributed by atoms with Crippen LogP contribution in [0.15, 0.2) is 18.3 Å². The van der Waals surface area contributed by atoms with Crippen molar-refractivity contribution < 1.29 is 9.84 Å². The van der Waals surface area contributed by atoms with Crippen molar-refractivity contribution in [2.45, 2.75) is 25.5 Å². The van der Waals surface area contributed by atoms with Crippen molar-refractivity contribution in [1.82, 2.24) is 4.98 Å². The van der Waals surface area contributed by atoms with E-state index in [0.717, 1.165) is 25.3 Å². The normalized spacial score (nSPS) is 22.1. The van der Waals surface area contributed by atoms with Crippen molar-refractivity contribution in [3.63, 3.8) is 0 Å². The molecule has 2 atom stereocenters. The molecule has 0 aromatic carbocycles. The molecular weight excluding hydrogens is 204 g/mol. The van der Waals surface area contributed by atoms with Crippen molar-refractivity contribution in [2.75, 3.05) is 25.2 Å². The molecular formula is C12H18N2O2. The Balaban J connectivity index is 2.08. The van der Waals surface area contributed by atoms with Gasteiger partial charge in [-0.25, -0.2) is 0 Å². The zero-order chi connectivity index (χ0) is 11.5. The molecule has 16 heavy (non-hydrogen) atoms. The number of ether oxygens (including phenoxy) is 1. The number of hydrogen-bond donors (Lipinski definition) is 1. The van der Waals surface area contributed by atoms with E-state index in [4.69, 9.17) is 4.74 Å². The average Bonchev–Trinajstić information content (AvgIpc) is 2.81. The van der Waals surface area contributed by atoms with Gasteiger partial charge in [0.05, 0.1) is 36.3 Å². The van der Waals surface area contributed by atoms with Crippen LogP contribution in [0.3, 0.4) is 0 Å². The maximum Gasteiger partial charge on any atom is 0.0931 e. The fourth-order valence-electron chi connectivity index (χ4n) is 1.89. The van der Waals surface area contributed by atoms with Gasteiger partial charge in [0, 0.05) is 13.7 Å². The third-order valence-corrected chi connectivity index (χ3v) is 3.06. The number of aromatic nitrogens is 1. The second-order valence-electron chi connectivity index (χ2n) is 4.25. The van der Waals surface area contributed by atoms with Crippen LogP contribution in [0.4, 0.5) is 5.69 Å². The van der Waals surface area contributed by atoms with Crippen LogP contribution in [0, 0.1) is 0 Å². The number of pyridine rings is 1. The summed E-state index contributed by atoms with van der Waals surface area (Å²) in [7, 11) is 2.05. The van der Waals surface area contributed by atoms with Gasteiger partial charge in [-0.1, -0.05) is 0 Å². The third-order valence-electron chi connectivity index (χ3n) is 3.06. The van der Waals surface area contributed by atoms with E-state index in [1.165, 1.54) is 0 Å². The molecule has 1 aliphatic heterocycles. The topological polar surface area (TPSA) is 45.6 Å². The monoisotopic (exact) mass is 222 g/mol. The summed E-state index contributed by atoms with van der Waals surface area (Å²) in [5.41, 5.74) is 1.78. The lowest BCUT2D eigenvalue weighted by Crippen LogP contribution is -2.31. The van der Waals surface area contributed by atoms with Gasteiger partial charge in [-0.05, 0) is 25.5 Å². The molecule has 0 aliphatic carbocycles. The minimum atomic E-state index is -0.505. The van der Waals surface area contributed by atoms with Gasteiger partial charge >= 0.3 is 0 Å².